The molecular weight excluding hydrogens is 339 g/mol. The molecule has 1 amide bonds. The zero-order chi connectivity index (χ0) is 17.3. The molecule has 25 heavy (non-hydrogen) atoms. The molecule has 3 aromatic rings. The van der Waals surface area contributed by atoms with Crippen LogP contribution >= 0.6 is 11.3 Å². The number of halogens is 1. The van der Waals surface area contributed by atoms with Crippen LogP contribution < -0.4 is 5.32 Å². The van der Waals surface area contributed by atoms with Crippen molar-refractivity contribution in [1.82, 2.24) is 20.3 Å². The van der Waals surface area contributed by atoms with Crippen LogP contribution in [-0.2, 0) is 5.41 Å². The second-order valence-corrected chi connectivity index (χ2v) is 7.17. The third-order valence-electron chi connectivity index (χ3n) is 4.64. The molecule has 7 heteroatoms. The molecule has 4 rings (SSSR count). The van der Waals surface area contributed by atoms with Gasteiger partial charge in [0.15, 0.2) is 10.8 Å². The molecule has 2 aromatic heterocycles. The third-order valence-corrected chi connectivity index (χ3v) is 5.48. The van der Waals surface area contributed by atoms with Crippen molar-refractivity contribution in [3.8, 4) is 10.8 Å². The van der Waals surface area contributed by atoms with E-state index < -0.39 is 6.17 Å². The molecule has 1 aliphatic carbocycles. The highest BCUT2D eigenvalue weighted by atomic mass is 32.1. The van der Waals surface area contributed by atoms with Gasteiger partial charge in [-0.05, 0) is 18.4 Å². The predicted molar refractivity (Wildman–Crippen MR) is 94.3 cm³/mol. The van der Waals surface area contributed by atoms with Gasteiger partial charge >= 0.3 is 0 Å². The lowest BCUT2D eigenvalue weighted by Gasteiger charge is -2.44. The van der Waals surface area contributed by atoms with Crippen LogP contribution in [0.3, 0.4) is 0 Å². The van der Waals surface area contributed by atoms with Gasteiger partial charge in [0.25, 0.3) is 5.91 Å². The number of amides is 1. The van der Waals surface area contributed by atoms with Gasteiger partial charge in [0.2, 0.25) is 0 Å². The number of nitrogens with zero attached hydrogens (tertiary/aromatic N) is 2. The minimum Gasteiger partial charge on any atom is -0.350 e. The van der Waals surface area contributed by atoms with Crippen molar-refractivity contribution in [2.75, 3.05) is 6.54 Å². The molecule has 0 aliphatic heterocycles. The summed E-state index contributed by atoms with van der Waals surface area (Å²) in [5.41, 5.74) is 1.10. The van der Waals surface area contributed by atoms with Crippen LogP contribution in [0.25, 0.3) is 10.8 Å². The Kier molecular flexibility index (Phi) is 4.09. The lowest BCUT2D eigenvalue weighted by Crippen LogP contribution is -2.50. The van der Waals surface area contributed by atoms with Crippen molar-refractivity contribution >= 4 is 17.2 Å². The van der Waals surface area contributed by atoms with Crippen LogP contribution in [0.15, 0.2) is 48.1 Å². The Morgan fingerprint density at radius 2 is 2.16 bits per heavy atom. The number of aromatic nitrogens is 3. The Labute approximate surface area is 148 Å². The van der Waals surface area contributed by atoms with E-state index in [2.05, 4.69) is 20.3 Å². The number of alkyl halides is 1. The molecule has 1 fully saturated rings. The minimum absolute atomic E-state index is 0.244. The summed E-state index contributed by atoms with van der Waals surface area (Å²) in [6, 6.07) is 9.82. The molecule has 1 aliphatic rings. The van der Waals surface area contributed by atoms with Crippen LogP contribution in [0, 0.1) is 0 Å². The molecular formula is C18H17FN4OS. The van der Waals surface area contributed by atoms with Gasteiger partial charge < -0.3 is 10.3 Å². The van der Waals surface area contributed by atoms with Gasteiger partial charge in [-0.2, -0.15) is 0 Å². The first-order valence-electron chi connectivity index (χ1n) is 8.09. The van der Waals surface area contributed by atoms with Gasteiger partial charge in [-0.25, -0.2) is 14.4 Å². The van der Waals surface area contributed by atoms with E-state index in [9.17, 15) is 9.18 Å². The summed E-state index contributed by atoms with van der Waals surface area (Å²) < 4.78 is 13.6. The van der Waals surface area contributed by atoms with Crippen LogP contribution in [0.1, 0.15) is 28.9 Å². The molecule has 0 saturated heterocycles. The number of nitrogens with one attached hydrogen (secondary N) is 2. The van der Waals surface area contributed by atoms with Crippen molar-refractivity contribution in [1.29, 1.82) is 0 Å². The standard InChI is InChI=1S/C18H17FN4OS/c19-13-8-18(9-13,12-4-2-1-3-5-12)11-22-16(24)14-10-25-17(23-14)15-20-6-7-21-15/h1-7,10,13H,8-9,11H2,(H,20,21)(H,22,24). The van der Waals surface area contributed by atoms with Gasteiger partial charge in [-0.3, -0.25) is 4.79 Å². The van der Waals surface area contributed by atoms with E-state index in [0.29, 0.717) is 35.9 Å². The number of aromatic amines is 1. The zero-order valence-corrected chi connectivity index (χ0v) is 14.2. The number of carbonyl (C=O) groups is 1. The number of carbonyl (C=O) groups excluding carboxylic acids is 1. The van der Waals surface area contributed by atoms with E-state index in [1.54, 1.807) is 17.8 Å². The first kappa shape index (κ1) is 16.0. The monoisotopic (exact) mass is 356 g/mol. The molecule has 128 valence electrons. The summed E-state index contributed by atoms with van der Waals surface area (Å²) in [6.45, 7) is 0.407. The Hall–Kier alpha value is -2.54. The average molecular weight is 356 g/mol. The average Bonchev–Trinajstić information content (AvgIpc) is 3.29. The second kappa shape index (κ2) is 6.40. The van der Waals surface area contributed by atoms with Gasteiger partial charge in [-0.1, -0.05) is 30.3 Å². The fraction of sp³-hybridized carbons (Fsp3) is 0.278. The smallest absolute Gasteiger partial charge is 0.270 e. The van der Waals surface area contributed by atoms with Crippen molar-refractivity contribution in [2.24, 2.45) is 0 Å². The highest BCUT2D eigenvalue weighted by Crippen LogP contribution is 2.45. The van der Waals surface area contributed by atoms with Gasteiger partial charge in [0.05, 0.1) is 0 Å². The Morgan fingerprint density at radius 1 is 1.36 bits per heavy atom. The molecule has 0 atom stereocenters. The first-order valence-corrected chi connectivity index (χ1v) is 8.97. The summed E-state index contributed by atoms with van der Waals surface area (Å²) in [7, 11) is 0. The number of H-pyrrole nitrogens is 1. The van der Waals surface area contributed by atoms with E-state index in [4.69, 9.17) is 0 Å². The molecule has 0 radical (unpaired) electrons. The van der Waals surface area contributed by atoms with Crippen LogP contribution in [0.2, 0.25) is 0 Å². The first-order chi connectivity index (χ1) is 12.2. The molecule has 2 N–H and O–H groups in total. The number of rotatable bonds is 5. The molecule has 0 bridgehead atoms. The highest BCUT2D eigenvalue weighted by Gasteiger charge is 2.46. The van der Waals surface area contributed by atoms with Gasteiger partial charge in [-0.15, -0.1) is 11.3 Å². The van der Waals surface area contributed by atoms with Crippen LogP contribution in [-0.4, -0.2) is 33.6 Å². The molecule has 2 heterocycles. The molecule has 0 unspecified atom stereocenters. The van der Waals surface area contributed by atoms with E-state index >= 15 is 0 Å². The molecule has 5 nitrogen and oxygen atoms in total. The summed E-state index contributed by atoms with van der Waals surface area (Å²) in [5, 5.41) is 5.30. The maximum Gasteiger partial charge on any atom is 0.270 e. The molecule has 1 saturated carbocycles. The predicted octanol–water partition coefficient (Wildman–Crippen LogP) is 3.33. The lowest BCUT2D eigenvalue weighted by atomic mass is 9.63. The van der Waals surface area contributed by atoms with Gasteiger partial charge in [0, 0.05) is 29.7 Å². The minimum atomic E-state index is -0.804. The fourth-order valence-electron chi connectivity index (χ4n) is 3.27. The van der Waals surface area contributed by atoms with Gasteiger partial charge in [0.1, 0.15) is 11.9 Å². The van der Waals surface area contributed by atoms with E-state index in [1.165, 1.54) is 11.3 Å². The Morgan fingerprint density at radius 3 is 2.84 bits per heavy atom. The number of hydrogen-bond acceptors (Lipinski definition) is 4. The maximum atomic E-state index is 13.6. The summed E-state index contributed by atoms with van der Waals surface area (Å²) in [6.07, 6.45) is 3.42. The van der Waals surface area contributed by atoms with Crippen LogP contribution in [0.5, 0.6) is 0 Å². The second-order valence-electron chi connectivity index (χ2n) is 6.31. The van der Waals surface area contributed by atoms with E-state index in [-0.39, 0.29) is 11.3 Å². The number of thiazole rings is 1. The molecule has 0 spiro atoms. The summed E-state index contributed by atoms with van der Waals surface area (Å²) >= 11 is 1.36. The quantitative estimate of drug-likeness (QED) is 0.737. The SMILES string of the molecule is O=C(NCC1(c2ccccc2)CC(F)C1)c1csc(-c2ncc[nH]2)n1. The maximum absolute atomic E-state index is 13.6. The van der Waals surface area contributed by atoms with Crippen molar-refractivity contribution in [2.45, 2.75) is 24.4 Å². The van der Waals surface area contributed by atoms with Crippen LogP contribution in [0.4, 0.5) is 4.39 Å². The number of benzene rings is 1. The third kappa shape index (κ3) is 3.07. The lowest BCUT2D eigenvalue weighted by molar-refractivity contribution is 0.0784. The summed E-state index contributed by atoms with van der Waals surface area (Å²) in [5.74, 6) is 0.399. The largest absolute Gasteiger partial charge is 0.350 e. The van der Waals surface area contributed by atoms with Crippen molar-refractivity contribution in [3.05, 3.63) is 59.4 Å². The normalized spacial score (nSPS) is 22.4. The van der Waals surface area contributed by atoms with E-state index in [1.807, 2.05) is 30.3 Å². The summed E-state index contributed by atoms with van der Waals surface area (Å²) in [4.78, 5) is 23.9. The zero-order valence-electron chi connectivity index (χ0n) is 13.4. The number of imidazole rings is 1. The molecule has 1 aromatic carbocycles. The van der Waals surface area contributed by atoms with Crippen molar-refractivity contribution in [3.63, 3.8) is 0 Å². The van der Waals surface area contributed by atoms with E-state index in [0.717, 1.165) is 5.56 Å². The Bertz CT molecular complexity index is 856. The Balaban J connectivity index is 1.46. The number of hydrogen-bond donors (Lipinski definition) is 2. The highest BCUT2D eigenvalue weighted by molar-refractivity contribution is 7.13. The topological polar surface area (TPSA) is 70.7 Å². The van der Waals surface area contributed by atoms with Crippen molar-refractivity contribution < 1.29 is 9.18 Å². The fourth-order valence-corrected chi connectivity index (χ4v) is 4.03.